The second-order valence-corrected chi connectivity index (χ2v) is 7.07. The van der Waals surface area contributed by atoms with E-state index >= 15 is 0 Å². The van der Waals surface area contributed by atoms with Gasteiger partial charge >= 0.3 is 11.9 Å². The first-order valence-corrected chi connectivity index (χ1v) is 9.64. The van der Waals surface area contributed by atoms with Crippen molar-refractivity contribution in [3.8, 4) is 11.4 Å². The first kappa shape index (κ1) is 21.7. The van der Waals surface area contributed by atoms with Gasteiger partial charge in [-0.2, -0.15) is 0 Å². The number of benzene rings is 2. The minimum absolute atomic E-state index is 0.000785. The number of Topliss-reactive ketones (excluding diaryl/α,β-unsaturated/α-hetero) is 1. The van der Waals surface area contributed by atoms with Crippen LogP contribution in [0.15, 0.2) is 42.5 Å². The molecule has 9 heteroatoms. The SMILES string of the molecule is O=C(O)CCC(=O)Cc1ccc2nc(-c3ccc(NC(=O)CCC(=O)O)cc3)[nH]c2c1. The molecular formula is C22H21N3O6. The van der Waals surface area contributed by atoms with E-state index in [1.54, 1.807) is 36.4 Å². The number of carboxylic acid groups (broad SMARTS) is 2. The van der Waals surface area contributed by atoms with Crippen LogP contribution in [0.4, 0.5) is 5.69 Å². The average Bonchev–Trinajstić information content (AvgIpc) is 3.14. The quantitative estimate of drug-likeness (QED) is 0.391. The number of aliphatic carboxylic acids is 2. The van der Waals surface area contributed by atoms with Gasteiger partial charge < -0.3 is 20.5 Å². The van der Waals surface area contributed by atoms with E-state index in [9.17, 15) is 19.2 Å². The van der Waals surface area contributed by atoms with Gasteiger partial charge in [0.25, 0.3) is 0 Å². The molecule has 0 bridgehead atoms. The smallest absolute Gasteiger partial charge is 0.303 e. The van der Waals surface area contributed by atoms with E-state index in [0.29, 0.717) is 11.5 Å². The number of H-pyrrole nitrogens is 1. The van der Waals surface area contributed by atoms with Gasteiger partial charge in [0, 0.05) is 30.5 Å². The Morgan fingerprint density at radius 2 is 1.55 bits per heavy atom. The molecule has 1 amide bonds. The van der Waals surface area contributed by atoms with Crippen LogP contribution in [0.1, 0.15) is 31.2 Å². The molecular weight excluding hydrogens is 402 g/mol. The van der Waals surface area contributed by atoms with Crippen LogP contribution < -0.4 is 5.32 Å². The summed E-state index contributed by atoms with van der Waals surface area (Å²) in [6.45, 7) is 0. The number of hydrogen-bond donors (Lipinski definition) is 4. The number of aromatic nitrogens is 2. The van der Waals surface area contributed by atoms with Crippen molar-refractivity contribution < 1.29 is 29.4 Å². The van der Waals surface area contributed by atoms with Crippen molar-refractivity contribution in [3.63, 3.8) is 0 Å². The Labute approximate surface area is 177 Å². The maximum absolute atomic E-state index is 11.9. The predicted molar refractivity (Wildman–Crippen MR) is 113 cm³/mol. The van der Waals surface area contributed by atoms with Gasteiger partial charge in [0.2, 0.25) is 5.91 Å². The van der Waals surface area contributed by atoms with Crippen molar-refractivity contribution in [2.75, 3.05) is 5.32 Å². The van der Waals surface area contributed by atoms with Crippen LogP contribution in [0.5, 0.6) is 0 Å². The first-order chi connectivity index (χ1) is 14.8. The predicted octanol–water partition coefficient (Wildman–Crippen LogP) is 3.01. The number of imidazole rings is 1. The molecule has 9 nitrogen and oxygen atoms in total. The highest BCUT2D eigenvalue weighted by atomic mass is 16.4. The Morgan fingerprint density at radius 3 is 2.23 bits per heavy atom. The summed E-state index contributed by atoms with van der Waals surface area (Å²) < 4.78 is 0. The number of nitrogens with zero attached hydrogens (tertiary/aromatic N) is 1. The van der Waals surface area contributed by atoms with Crippen LogP contribution in [0, 0.1) is 0 Å². The van der Waals surface area contributed by atoms with Crippen LogP contribution in [0.25, 0.3) is 22.4 Å². The number of carbonyl (C=O) groups is 4. The molecule has 0 saturated carbocycles. The van der Waals surface area contributed by atoms with E-state index in [2.05, 4.69) is 15.3 Å². The molecule has 0 aliphatic heterocycles. The topological polar surface area (TPSA) is 149 Å². The van der Waals surface area contributed by atoms with Crippen molar-refractivity contribution in [1.29, 1.82) is 0 Å². The van der Waals surface area contributed by atoms with Crippen molar-refractivity contribution >= 4 is 40.3 Å². The Balaban J connectivity index is 1.67. The Morgan fingerprint density at radius 1 is 0.871 bits per heavy atom. The highest BCUT2D eigenvalue weighted by molar-refractivity contribution is 5.92. The van der Waals surface area contributed by atoms with Crippen LogP contribution in [0.3, 0.4) is 0 Å². The molecule has 31 heavy (non-hydrogen) atoms. The molecule has 1 heterocycles. The number of fused-ring (bicyclic) bond motifs is 1. The summed E-state index contributed by atoms with van der Waals surface area (Å²) in [7, 11) is 0. The number of amides is 1. The summed E-state index contributed by atoms with van der Waals surface area (Å²) in [5.74, 6) is -1.91. The van der Waals surface area contributed by atoms with Gasteiger partial charge in [0.1, 0.15) is 11.6 Å². The van der Waals surface area contributed by atoms with Crippen LogP contribution in [0.2, 0.25) is 0 Å². The molecule has 4 N–H and O–H groups in total. The number of carboxylic acids is 2. The molecule has 0 atom stereocenters. The number of anilines is 1. The lowest BCUT2D eigenvalue weighted by Gasteiger charge is -2.05. The summed E-state index contributed by atoms with van der Waals surface area (Å²) in [6.07, 6.45) is -0.336. The van der Waals surface area contributed by atoms with E-state index in [0.717, 1.165) is 22.2 Å². The molecule has 0 saturated heterocycles. The largest absolute Gasteiger partial charge is 0.481 e. The molecule has 0 radical (unpaired) electrons. The summed E-state index contributed by atoms with van der Waals surface area (Å²) in [6, 6.07) is 12.4. The standard InChI is InChI=1S/C22H21N3O6/c26-16(6-9-20(28)29)11-13-1-7-17-18(12-13)25-22(24-17)14-2-4-15(5-3-14)23-19(27)8-10-21(30)31/h1-5,7,12H,6,8-11H2,(H,23,27)(H,24,25)(H,28,29)(H,30,31). The van der Waals surface area contributed by atoms with Gasteiger partial charge in [0.05, 0.1) is 23.9 Å². The Hall–Kier alpha value is -4.01. The van der Waals surface area contributed by atoms with Crippen molar-refractivity contribution in [3.05, 3.63) is 48.0 Å². The maximum Gasteiger partial charge on any atom is 0.303 e. The second kappa shape index (κ2) is 9.66. The molecule has 160 valence electrons. The Kier molecular flexibility index (Phi) is 6.76. The molecule has 0 aliphatic rings. The summed E-state index contributed by atoms with van der Waals surface area (Å²) in [4.78, 5) is 52.5. The lowest BCUT2D eigenvalue weighted by atomic mass is 10.1. The molecule has 0 fully saturated rings. The van der Waals surface area contributed by atoms with E-state index in [1.165, 1.54) is 0 Å². The van der Waals surface area contributed by atoms with Gasteiger partial charge in [-0.05, 0) is 42.0 Å². The van der Waals surface area contributed by atoms with Crippen molar-refractivity contribution in [2.45, 2.75) is 32.1 Å². The summed E-state index contributed by atoms with van der Waals surface area (Å²) >= 11 is 0. The molecule has 0 aliphatic carbocycles. The zero-order valence-corrected chi connectivity index (χ0v) is 16.6. The first-order valence-electron chi connectivity index (χ1n) is 9.64. The number of ketones is 1. The monoisotopic (exact) mass is 423 g/mol. The fourth-order valence-electron chi connectivity index (χ4n) is 3.02. The number of hydrogen-bond acceptors (Lipinski definition) is 5. The third-order valence-corrected chi connectivity index (χ3v) is 4.57. The maximum atomic E-state index is 11.9. The lowest BCUT2D eigenvalue weighted by Crippen LogP contribution is -2.13. The molecule has 0 spiro atoms. The van der Waals surface area contributed by atoms with Gasteiger partial charge in [0.15, 0.2) is 0 Å². The number of carbonyl (C=O) groups excluding carboxylic acids is 2. The van der Waals surface area contributed by atoms with Gasteiger partial charge in [-0.25, -0.2) is 4.98 Å². The fraction of sp³-hybridized carbons (Fsp3) is 0.227. The highest BCUT2D eigenvalue weighted by Crippen LogP contribution is 2.23. The van der Waals surface area contributed by atoms with E-state index < -0.39 is 11.9 Å². The van der Waals surface area contributed by atoms with Crippen molar-refractivity contribution in [1.82, 2.24) is 9.97 Å². The minimum atomic E-state index is -1.02. The normalized spacial score (nSPS) is 10.7. The number of aromatic amines is 1. The average molecular weight is 423 g/mol. The fourth-order valence-corrected chi connectivity index (χ4v) is 3.02. The van der Waals surface area contributed by atoms with E-state index in [-0.39, 0.29) is 43.8 Å². The highest BCUT2D eigenvalue weighted by Gasteiger charge is 2.11. The molecule has 2 aromatic carbocycles. The lowest BCUT2D eigenvalue weighted by molar-refractivity contribution is -0.139. The minimum Gasteiger partial charge on any atom is -0.481 e. The van der Waals surface area contributed by atoms with E-state index in [4.69, 9.17) is 10.2 Å². The third-order valence-electron chi connectivity index (χ3n) is 4.57. The van der Waals surface area contributed by atoms with Gasteiger partial charge in [-0.1, -0.05) is 6.07 Å². The number of nitrogens with one attached hydrogen (secondary N) is 2. The second-order valence-electron chi connectivity index (χ2n) is 7.07. The van der Waals surface area contributed by atoms with E-state index in [1.807, 2.05) is 6.07 Å². The molecule has 3 aromatic rings. The zero-order chi connectivity index (χ0) is 22.4. The molecule has 3 rings (SSSR count). The van der Waals surface area contributed by atoms with Crippen LogP contribution in [-0.2, 0) is 25.6 Å². The zero-order valence-electron chi connectivity index (χ0n) is 16.6. The van der Waals surface area contributed by atoms with Crippen LogP contribution >= 0.6 is 0 Å². The summed E-state index contributed by atoms with van der Waals surface area (Å²) in [5, 5.41) is 19.9. The molecule has 1 aromatic heterocycles. The van der Waals surface area contributed by atoms with Gasteiger partial charge in [-0.15, -0.1) is 0 Å². The van der Waals surface area contributed by atoms with Gasteiger partial charge in [-0.3, -0.25) is 19.2 Å². The third kappa shape index (κ3) is 6.23. The van der Waals surface area contributed by atoms with Crippen molar-refractivity contribution in [2.24, 2.45) is 0 Å². The Bertz CT molecular complexity index is 1130. The summed E-state index contributed by atoms with van der Waals surface area (Å²) in [5.41, 5.74) is 3.60. The molecule has 0 unspecified atom stereocenters. The van der Waals surface area contributed by atoms with Crippen LogP contribution in [-0.4, -0.2) is 43.8 Å². The number of rotatable bonds is 10.